The molecular formula is C9H15N5O3. The fourth-order valence-electron chi connectivity index (χ4n) is 1.07. The summed E-state index contributed by atoms with van der Waals surface area (Å²) >= 11 is 0. The second-order valence-corrected chi connectivity index (χ2v) is 4.18. The molecule has 0 saturated carbocycles. The number of nitrogen functional groups attached to an aromatic ring is 1. The molecule has 1 rings (SSSR count). The van der Waals surface area contributed by atoms with Crippen molar-refractivity contribution < 1.29 is 14.7 Å². The lowest BCUT2D eigenvalue weighted by Crippen LogP contribution is -2.51. The van der Waals surface area contributed by atoms with Crippen molar-refractivity contribution >= 4 is 17.7 Å². The topological polar surface area (TPSA) is 114 Å². The number of aryl methyl sites for hydroxylation is 1. The minimum absolute atomic E-state index is 0.0516. The third kappa shape index (κ3) is 2.05. The first-order valence-electron chi connectivity index (χ1n) is 4.86. The van der Waals surface area contributed by atoms with Crippen molar-refractivity contribution in [1.82, 2.24) is 19.9 Å². The Morgan fingerprint density at radius 3 is 2.35 bits per heavy atom. The number of carbonyl (C=O) groups excluding carboxylic acids is 1. The zero-order chi connectivity index (χ0) is 13.4. The number of anilines is 1. The summed E-state index contributed by atoms with van der Waals surface area (Å²) in [5, 5.41) is 16.2. The summed E-state index contributed by atoms with van der Waals surface area (Å²) in [6.07, 6.45) is 0. The molecule has 0 spiro atoms. The van der Waals surface area contributed by atoms with E-state index in [4.69, 9.17) is 10.8 Å². The van der Waals surface area contributed by atoms with Crippen LogP contribution >= 0.6 is 0 Å². The SMILES string of the molecule is CN(C(=O)c1nnn(C)c1N)C(C)(C)C(=O)O. The van der Waals surface area contributed by atoms with Crippen molar-refractivity contribution in [3.63, 3.8) is 0 Å². The first kappa shape index (κ1) is 12.9. The minimum Gasteiger partial charge on any atom is -0.480 e. The van der Waals surface area contributed by atoms with E-state index in [0.29, 0.717) is 0 Å². The highest BCUT2D eigenvalue weighted by atomic mass is 16.4. The zero-order valence-electron chi connectivity index (χ0n) is 10.1. The Morgan fingerprint density at radius 2 is 2.00 bits per heavy atom. The molecule has 0 aliphatic rings. The van der Waals surface area contributed by atoms with Gasteiger partial charge >= 0.3 is 5.97 Å². The molecule has 8 heteroatoms. The van der Waals surface area contributed by atoms with Crippen LogP contribution in [-0.2, 0) is 11.8 Å². The van der Waals surface area contributed by atoms with E-state index in [0.717, 1.165) is 4.90 Å². The molecule has 17 heavy (non-hydrogen) atoms. The predicted molar refractivity (Wildman–Crippen MR) is 59.2 cm³/mol. The molecule has 0 radical (unpaired) electrons. The van der Waals surface area contributed by atoms with E-state index in [-0.39, 0.29) is 11.5 Å². The highest BCUT2D eigenvalue weighted by Crippen LogP contribution is 2.17. The number of amides is 1. The quantitative estimate of drug-likeness (QED) is 0.725. The van der Waals surface area contributed by atoms with Crippen LogP contribution in [0.15, 0.2) is 0 Å². The van der Waals surface area contributed by atoms with Crippen LogP contribution < -0.4 is 5.73 Å². The van der Waals surface area contributed by atoms with Gasteiger partial charge in [-0.1, -0.05) is 5.21 Å². The van der Waals surface area contributed by atoms with E-state index in [1.54, 1.807) is 7.05 Å². The summed E-state index contributed by atoms with van der Waals surface area (Å²) in [4.78, 5) is 24.1. The molecule has 94 valence electrons. The Labute approximate surface area is 98.0 Å². The van der Waals surface area contributed by atoms with Crippen molar-refractivity contribution in [3.8, 4) is 0 Å². The minimum atomic E-state index is -1.35. The van der Waals surface area contributed by atoms with Crippen LogP contribution in [0.2, 0.25) is 0 Å². The van der Waals surface area contributed by atoms with Gasteiger partial charge in [-0.05, 0) is 13.8 Å². The molecule has 0 bridgehead atoms. The van der Waals surface area contributed by atoms with Crippen LogP contribution in [0.25, 0.3) is 0 Å². The monoisotopic (exact) mass is 241 g/mol. The summed E-state index contributed by atoms with van der Waals surface area (Å²) in [6.45, 7) is 2.83. The largest absolute Gasteiger partial charge is 0.480 e. The summed E-state index contributed by atoms with van der Waals surface area (Å²) < 4.78 is 1.24. The highest BCUT2D eigenvalue weighted by Gasteiger charge is 2.37. The molecule has 0 aliphatic heterocycles. The number of aromatic nitrogens is 3. The zero-order valence-corrected chi connectivity index (χ0v) is 10.1. The average molecular weight is 241 g/mol. The number of rotatable bonds is 3. The van der Waals surface area contributed by atoms with Crippen LogP contribution in [0.5, 0.6) is 0 Å². The Hall–Kier alpha value is -2.12. The lowest BCUT2D eigenvalue weighted by Gasteiger charge is -2.30. The lowest BCUT2D eigenvalue weighted by molar-refractivity contribution is -0.147. The van der Waals surface area contributed by atoms with Crippen molar-refractivity contribution in [2.75, 3.05) is 12.8 Å². The number of carboxylic acids is 1. The van der Waals surface area contributed by atoms with Gasteiger partial charge in [0.05, 0.1) is 0 Å². The normalized spacial score (nSPS) is 11.3. The van der Waals surface area contributed by atoms with Gasteiger partial charge in [0.1, 0.15) is 5.54 Å². The van der Waals surface area contributed by atoms with E-state index >= 15 is 0 Å². The van der Waals surface area contributed by atoms with E-state index in [1.165, 1.54) is 25.6 Å². The van der Waals surface area contributed by atoms with Crippen LogP contribution in [0.1, 0.15) is 24.3 Å². The lowest BCUT2D eigenvalue weighted by atomic mass is 10.0. The average Bonchev–Trinajstić information content (AvgIpc) is 2.57. The van der Waals surface area contributed by atoms with Gasteiger partial charge < -0.3 is 15.7 Å². The molecule has 0 saturated heterocycles. The van der Waals surface area contributed by atoms with E-state index in [1.807, 2.05) is 0 Å². The van der Waals surface area contributed by atoms with E-state index in [2.05, 4.69) is 10.3 Å². The van der Waals surface area contributed by atoms with Crippen LogP contribution in [0, 0.1) is 0 Å². The maximum atomic E-state index is 12.0. The van der Waals surface area contributed by atoms with E-state index < -0.39 is 17.4 Å². The fourth-order valence-corrected chi connectivity index (χ4v) is 1.07. The highest BCUT2D eigenvalue weighted by molar-refractivity contribution is 5.99. The molecule has 0 aromatic carbocycles. The second kappa shape index (κ2) is 4.04. The number of carbonyl (C=O) groups is 2. The molecule has 1 aromatic heterocycles. The Bertz CT molecular complexity index is 465. The standard InChI is InChI=1S/C9H15N5O3/c1-9(2,8(16)17)13(3)7(15)5-6(10)14(4)12-11-5/h10H2,1-4H3,(H,16,17). The van der Waals surface area contributed by atoms with Crippen LogP contribution in [0.4, 0.5) is 5.82 Å². The van der Waals surface area contributed by atoms with Gasteiger partial charge in [-0.2, -0.15) is 0 Å². The van der Waals surface area contributed by atoms with Crippen molar-refractivity contribution in [3.05, 3.63) is 5.69 Å². The van der Waals surface area contributed by atoms with Crippen molar-refractivity contribution in [1.29, 1.82) is 0 Å². The Morgan fingerprint density at radius 1 is 1.47 bits per heavy atom. The molecule has 0 unspecified atom stereocenters. The van der Waals surface area contributed by atoms with Gasteiger partial charge in [0.15, 0.2) is 11.5 Å². The molecule has 0 atom stereocenters. The third-order valence-corrected chi connectivity index (χ3v) is 2.74. The van der Waals surface area contributed by atoms with Crippen molar-refractivity contribution in [2.45, 2.75) is 19.4 Å². The maximum Gasteiger partial charge on any atom is 0.329 e. The first-order chi connectivity index (χ1) is 7.69. The summed E-state index contributed by atoms with van der Waals surface area (Å²) in [5.74, 6) is -1.60. The molecule has 0 aliphatic carbocycles. The van der Waals surface area contributed by atoms with Gasteiger partial charge in [-0.3, -0.25) is 4.79 Å². The summed E-state index contributed by atoms with van der Waals surface area (Å²) in [6, 6.07) is 0. The number of hydrogen-bond donors (Lipinski definition) is 2. The first-order valence-corrected chi connectivity index (χ1v) is 4.86. The molecule has 1 amide bonds. The van der Waals surface area contributed by atoms with Gasteiger partial charge in [0, 0.05) is 14.1 Å². The number of likely N-dealkylation sites (N-methyl/N-ethyl adjacent to an activating group) is 1. The fraction of sp³-hybridized carbons (Fsp3) is 0.556. The van der Waals surface area contributed by atoms with Crippen LogP contribution in [-0.4, -0.2) is 49.5 Å². The molecular weight excluding hydrogens is 226 g/mol. The number of aliphatic carboxylic acids is 1. The molecule has 1 heterocycles. The summed E-state index contributed by atoms with van der Waals surface area (Å²) in [7, 11) is 2.92. The smallest absolute Gasteiger partial charge is 0.329 e. The molecule has 0 fully saturated rings. The van der Waals surface area contributed by atoms with Crippen LogP contribution in [0.3, 0.4) is 0 Å². The Balaban J connectivity index is 3.07. The summed E-state index contributed by atoms with van der Waals surface area (Å²) in [5.41, 5.74) is 4.21. The van der Waals surface area contributed by atoms with E-state index in [9.17, 15) is 9.59 Å². The Kier molecular flexibility index (Phi) is 3.08. The van der Waals surface area contributed by atoms with Gasteiger partial charge in [-0.15, -0.1) is 5.10 Å². The molecule has 1 aromatic rings. The number of hydrogen-bond acceptors (Lipinski definition) is 5. The number of nitrogens with two attached hydrogens (primary N) is 1. The second-order valence-electron chi connectivity index (χ2n) is 4.18. The number of nitrogens with zero attached hydrogens (tertiary/aromatic N) is 4. The van der Waals surface area contributed by atoms with Crippen molar-refractivity contribution in [2.24, 2.45) is 7.05 Å². The van der Waals surface area contributed by atoms with Gasteiger partial charge in [-0.25, -0.2) is 9.48 Å². The van der Waals surface area contributed by atoms with Gasteiger partial charge in [0.2, 0.25) is 0 Å². The number of carboxylic acid groups (broad SMARTS) is 1. The maximum absolute atomic E-state index is 12.0. The molecule has 3 N–H and O–H groups in total. The third-order valence-electron chi connectivity index (χ3n) is 2.74. The predicted octanol–water partition coefficient (Wildman–Crippen LogP) is -0.667. The van der Waals surface area contributed by atoms with Gasteiger partial charge in [0.25, 0.3) is 5.91 Å². The molecule has 8 nitrogen and oxygen atoms in total.